The molecule has 0 saturated heterocycles. The first kappa shape index (κ1) is 15.5. The standard InChI is InChI=1S/C18H24N2O/c1-4-14(3)16-8-6-7-9-17(16)21-18-12-15(10-11-20-18)13-19-5-2/h6-12,14,19H,4-5,13H2,1-3H3. The second-order valence-corrected chi connectivity index (χ2v) is 5.23. The van der Waals surface area contributed by atoms with E-state index in [0.717, 1.165) is 25.3 Å². The Bertz CT molecular complexity index is 569. The Morgan fingerprint density at radius 2 is 2.00 bits per heavy atom. The van der Waals surface area contributed by atoms with Crippen LogP contribution >= 0.6 is 0 Å². The van der Waals surface area contributed by atoms with Gasteiger partial charge in [-0.25, -0.2) is 4.98 Å². The van der Waals surface area contributed by atoms with Crippen molar-refractivity contribution in [2.75, 3.05) is 6.54 Å². The third kappa shape index (κ3) is 4.30. The molecule has 1 unspecified atom stereocenters. The average Bonchev–Trinajstić information content (AvgIpc) is 2.53. The fourth-order valence-corrected chi connectivity index (χ4v) is 2.20. The van der Waals surface area contributed by atoms with Crippen LogP contribution in [0.1, 0.15) is 44.2 Å². The van der Waals surface area contributed by atoms with Crippen molar-refractivity contribution in [1.29, 1.82) is 0 Å². The summed E-state index contributed by atoms with van der Waals surface area (Å²) in [7, 11) is 0. The lowest BCUT2D eigenvalue weighted by molar-refractivity contribution is 0.451. The van der Waals surface area contributed by atoms with Crippen LogP contribution in [0.15, 0.2) is 42.6 Å². The Kier molecular flexibility index (Phi) is 5.76. The van der Waals surface area contributed by atoms with Crippen LogP contribution in [0.5, 0.6) is 11.6 Å². The van der Waals surface area contributed by atoms with Crippen molar-refractivity contribution in [2.45, 2.75) is 39.7 Å². The maximum Gasteiger partial charge on any atom is 0.219 e. The predicted molar refractivity (Wildman–Crippen MR) is 86.8 cm³/mol. The second kappa shape index (κ2) is 7.79. The first-order valence-electron chi connectivity index (χ1n) is 7.67. The number of pyridine rings is 1. The first-order valence-corrected chi connectivity index (χ1v) is 7.67. The Morgan fingerprint density at radius 1 is 1.19 bits per heavy atom. The van der Waals surface area contributed by atoms with Gasteiger partial charge in [0.15, 0.2) is 0 Å². The molecule has 1 aromatic heterocycles. The van der Waals surface area contributed by atoms with Crippen molar-refractivity contribution in [3.8, 4) is 11.6 Å². The van der Waals surface area contributed by atoms with E-state index < -0.39 is 0 Å². The van der Waals surface area contributed by atoms with Crippen LogP contribution in [-0.4, -0.2) is 11.5 Å². The molecule has 0 aliphatic rings. The van der Waals surface area contributed by atoms with Gasteiger partial charge in [-0.1, -0.05) is 39.0 Å². The maximum absolute atomic E-state index is 6.01. The summed E-state index contributed by atoms with van der Waals surface area (Å²) in [4.78, 5) is 4.32. The number of aromatic nitrogens is 1. The van der Waals surface area contributed by atoms with Gasteiger partial charge >= 0.3 is 0 Å². The van der Waals surface area contributed by atoms with E-state index in [0.29, 0.717) is 11.8 Å². The molecule has 1 heterocycles. The Labute approximate surface area is 127 Å². The highest BCUT2D eigenvalue weighted by atomic mass is 16.5. The molecule has 1 N–H and O–H groups in total. The molecule has 1 aromatic carbocycles. The Morgan fingerprint density at radius 3 is 2.76 bits per heavy atom. The van der Waals surface area contributed by atoms with Crippen molar-refractivity contribution in [1.82, 2.24) is 10.3 Å². The molecule has 0 saturated carbocycles. The summed E-state index contributed by atoms with van der Waals surface area (Å²) in [5.41, 5.74) is 2.42. The van der Waals surface area contributed by atoms with Gasteiger partial charge in [0.2, 0.25) is 5.88 Å². The highest BCUT2D eigenvalue weighted by Crippen LogP contribution is 2.31. The van der Waals surface area contributed by atoms with Crippen molar-refractivity contribution < 1.29 is 4.74 Å². The molecule has 0 aliphatic heterocycles. The SMILES string of the molecule is CCNCc1ccnc(Oc2ccccc2C(C)CC)c1. The fraction of sp³-hybridized carbons (Fsp3) is 0.389. The predicted octanol–water partition coefficient (Wildman–Crippen LogP) is 4.50. The van der Waals surface area contributed by atoms with Crippen LogP contribution in [0, 0.1) is 0 Å². The number of hydrogen-bond acceptors (Lipinski definition) is 3. The van der Waals surface area contributed by atoms with E-state index in [1.54, 1.807) is 6.20 Å². The summed E-state index contributed by atoms with van der Waals surface area (Å²) in [6.07, 6.45) is 2.89. The molecule has 0 radical (unpaired) electrons. The lowest BCUT2D eigenvalue weighted by Crippen LogP contribution is -2.11. The maximum atomic E-state index is 6.01. The molecule has 0 aliphatic carbocycles. The number of rotatable bonds is 7. The highest BCUT2D eigenvalue weighted by molar-refractivity contribution is 5.38. The van der Waals surface area contributed by atoms with Crippen LogP contribution in [0.25, 0.3) is 0 Å². The minimum absolute atomic E-state index is 0.478. The van der Waals surface area contributed by atoms with E-state index in [9.17, 15) is 0 Å². The van der Waals surface area contributed by atoms with Crippen LogP contribution in [-0.2, 0) is 6.54 Å². The van der Waals surface area contributed by atoms with Gasteiger partial charge in [0.05, 0.1) is 0 Å². The van der Waals surface area contributed by atoms with Gasteiger partial charge in [0.1, 0.15) is 5.75 Å². The molecule has 2 aromatic rings. The van der Waals surface area contributed by atoms with Crippen molar-refractivity contribution in [3.05, 3.63) is 53.7 Å². The topological polar surface area (TPSA) is 34.2 Å². The van der Waals surface area contributed by atoms with Gasteiger partial charge in [-0.15, -0.1) is 0 Å². The average molecular weight is 284 g/mol. The highest BCUT2D eigenvalue weighted by Gasteiger charge is 2.10. The van der Waals surface area contributed by atoms with Crippen LogP contribution in [0.3, 0.4) is 0 Å². The molecular formula is C18H24N2O. The monoisotopic (exact) mass is 284 g/mol. The third-order valence-corrected chi connectivity index (χ3v) is 3.66. The van der Waals surface area contributed by atoms with Crippen LogP contribution in [0.4, 0.5) is 0 Å². The minimum Gasteiger partial charge on any atom is -0.439 e. The zero-order valence-corrected chi connectivity index (χ0v) is 13.1. The second-order valence-electron chi connectivity index (χ2n) is 5.23. The van der Waals surface area contributed by atoms with Gasteiger partial charge in [0.25, 0.3) is 0 Å². The molecule has 2 rings (SSSR count). The van der Waals surface area contributed by atoms with Gasteiger partial charge in [-0.2, -0.15) is 0 Å². The summed E-state index contributed by atoms with van der Waals surface area (Å²) in [5.74, 6) is 2.03. The summed E-state index contributed by atoms with van der Waals surface area (Å²) in [5, 5.41) is 3.31. The molecule has 0 amide bonds. The quantitative estimate of drug-likeness (QED) is 0.813. The molecule has 3 nitrogen and oxygen atoms in total. The molecule has 0 spiro atoms. The largest absolute Gasteiger partial charge is 0.439 e. The summed E-state index contributed by atoms with van der Waals surface area (Å²) in [6.45, 7) is 8.30. The van der Waals surface area contributed by atoms with E-state index in [-0.39, 0.29) is 0 Å². The van der Waals surface area contributed by atoms with Crippen molar-refractivity contribution in [3.63, 3.8) is 0 Å². The summed E-state index contributed by atoms with van der Waals surface area (Å²) >= 11 is 0. The third-order valence-electron chi connectivity index (χ3n) is 3.66. The van der Waals surface area contributed by atoms with Gasteiger partial charge in [-0.05, 0) is 42.1 Å². The smallest absolute Gasteiger partial charge is 0.219 e. The lowest BCUT2D eigenvalue weighted by atomic mass is 9.98. The molecular weight excluding hydrogens is 260 g/mol. The Hall–Kier alpha value is -1.87. The molecule has 3 heteroatoms. The lowest BCUT2D eigenvalue weighted by Gasteiger charge is -2.15. The Balaban J connectivity index is 2.18. The zero-order valence-electron chi connectivity index (χ0n) is 13.1. The number of nitrogens with zero attached hydrogens (tertiary/aromatic N) is 1. The van der Waals surface area contributed by atoms with E-state index in [1.165, 1.54) is 11.1 Å². The first-order chi connectivity index (χ1) is 10.2. The zero-order chi connectivity index (χ0) is 15.1. The number of para-hydroxylation sites is 1. The fourth-order valence-electron chi connectivity index (χ4n) is 2.20. The summed E-state index contributed by atoms with van der Waals surface area (Å²) < 4.78 is 6.01. The van der Waals surface area contributed by atoms with Gasteiger partial charge < -0.3 is 10.1 Å². The van der Waals surface area contributed by atoms with Crippen molar-refractivity contribution >= 4 is 0 Å². The molecule has 112 valence electrons. The normalized spacial score (nSPS) is 12.1. The summed E-state index contributed by atoms with van der Waals surface area (Å²) in [6, 6.07) is 12.2. The van der Waals surface area contributed by atoms with E-state index in [4.69, 9.17) is 4.74 Å². The molecule has 0 bridgehead atoms. The van der Waals surface area contributed by atoms with Gasteiger partial charge in [0, 0.05) is 18.8 Å². The van der Waals surface area contributed by atoms with E-state index in [2.05, 4.69) is 43.2 Å². The van der Waals surface area contributed by atoms with E-state index >= 15 is 0 Å². The number of benzene rings is 1. The number of ether oxygens (including phenoxy) is 1. The number of hydrogen-bond donors (Lipinski definition) is 1. The van der Waals surface area contributed by atoms with Crippen molar-refractivity contribution in [2.24, 2.45) is 0 Å². The van der Waals surface area contributed by atoms with E-state index in [1.807, 2.05) is 24.3 Å². The number of nitrogens with one attached hydrogen (secondary N) is 1. The van der Waals surface area contributed by atoms with Gasteiger partial charge in [-0.3, -0.25) is 0 Å². The minimum atomic E-state index is 0.478. The van der Waals surface area contributed by atoms with Crippen LogP contribution < -0.4 is 10.1 Å². The molecule has 1 atom stereocenters. The molecule has 0 fully saturated rings. The van der Waals surface area contributed by atoms with Crippen LogP contribution in [0.2, 0.25) is 0 Å². The molecule has 21 heavy (non-hydrogen) atoms.